The SMILES string of the molecule is CCN(CCCOc1cc2ncnc(Nc3cc(CC(=O)Nc4cccc(F)c4)[nH]n3)c2cc1F)CCOP(=O)(OC(C)(C)C)OC(C)(C)C.O=P(O)(O)O. The van der Waals surface area contributed by atoms with Gasteiger partial charge in [-0.2, -0.15) is 5.10 Å². The monoisotopic (exact) mass is 815 g/mol. The first-order valence-corrected chi connectivity index (χ1v) is 20.1. The van der Waals surface area contributed by atoms with Gasteiger partial charge in [-0.05, 0) is 78.8 Å². The van der Waals surface area contributed by atoms with Crippen molar-refractivity contribution in [2.24, 2.45) is 0 Å². The number of rotatable bonds is 17. The Bertz CT molecular complexity index is 1940. The van der Waals surface area contributed by atoms with E-state index in [1.165, 1.54) is 36.7 Å². The van der Waals surface area contributed by atoms with E-state index >= 15 is 4.39 Å². The Labute approximate surface area is 318 Å². The smallest absolute Gasteiger partial charge is 0.475 e. The Kier molecular flexibility index (Phi) is 16.4. The van der Waals surface area contributed by atoms with Crippen LogP contribution in [0.3, 0.4) is 0 Å². The maximum absolute atomic E-state index is 15.2. The molecule has 0 saturated heterocycles. The van der Waals surface area contributed by atoms with Crippen LogP contribution in [0.4, 0.5) is 26.1 Å². The number of phosphoric acid groups is 2. The van der Waals surface area contributed by atoms with E-state index in [4.69, 9.17) is 37.6 Å². The lowest BCUT2D eigenvalue weighted by molar-refractivity contribution is -0.115. The molecule has 0 radical (unpaired) electrons. The summed E-state index contributed by atoms with van der Waals surface area (Å²) in [6.07, 6.45) is 1.90. The van der Waals surface area contributed by atoms with Crippen molar-refractivity contribution in [2.45, 2.75) is 72.5 Å². The lowest BCUT2D eigenvalue weighted by Gasteiger charge is -2.31. The predicted molar refractivity (Wildman–Crippen MR) is 202 cm³/mol. The molecule has 0 bridgehead atoms. The van der Waals surface area contributed by atoms with E-state index in [9.17, 15) is 13.8 Å². The first-order valence-electron chi connectivity index (χ1n) is 17.1. The van der Waals surface area contributed by atoms with Gasteiger partial charge in [-0.1, -0.05) is 13.0 Å². The molecule has 0 aliphatic rings. The first kappa shape index (κ1) is 45.5. The molecule has 0 fully saturated rings. The minimum absolute atomic E-state index is 0.0320. The van der Waals surface area contributed by atoms with Gasteiger partial charge in [0.05, 0.1) is 36.4 Å². The van der Waals surface area contributed by atoms with Gasteiger partial charge in [0.2, 0.25) is 5.91 Å². The fraction of sp³-hybridized carbons (Fsp3) is 0.471. The van der Waals surface area contributed by atoms with Gasteiger partial charge in [-0.3, -0.25) is 23.5 Å². The minimum Gasteiger partial charge on any atom is -0.490 e. The molecule has 6 N–H and O–H groups in total. The van der Waals surface area contributed by atoms with Gasteiger partial charge in [-0.25, -0.2) is 27.9 Å². The summed E-state index contributed by atoms with van der Waals surface area (Å²) in [6, 6.07) is 10.0. The van der Waals surface area contributed by atoms with Gasteiger partial charge in [-0.15, -0.1) is 0 Å². The van der Waals surface area contributed by atoms with Crippen molar-refractivity contribution >= 4 is 49.8 Å². The molecule has 1 amide bonds. The number of H-pyrrole nitrogens is 1. The number of aromatic nitrogens is 4. The van der Waals surface area contributed by atoms with Crippen LogP contribution >= 0.6 is 15.6 Å². The van der Waals surface area contributed by atoms with Gasteiger partial charge in [0.25, 0.3) is 0 Å². The molecule has 55 heavy (non-hydrogen) atoms. The number of likely N-dealkylation sites (N-methyl/N-ethyl adjacent to an activating group) is 1. The fourth-order valence-corrected chi connectivity index (χ4v) is 6.56. The third-order valence-electron chi connectivity index (χ3n) is 6.78. The lowest BCUT2D eigenvalue weighted by Crippen LogP contribution is -2.30. The predicted octanol–water partition coefficient (Wildman–Crippen LogP) is 6.47. The van der Waals surface area contributed by atoms with Crippen molar-refractivity contribution in [1.29, 1.82) is 0 Å². The molecule has 0 unspecified atom stereocenters. The number of nitrogens with one attached hydrogen (secondary N) is 3. The zero-order chi connectivity index (χ0) is 41.0. The van der Waals surface area contributed by atoms with E-state index in [2.05, 4.69) is 35.7 Å². The standard InChI is InChI=1S/C34H46F2N7O6P.H3O4P/c1-8-43(14-16-47-50(45,48-33(2,3)4)49-34(5,6)7)13-10-15-46-29-21-28-26(20-27(29)36)32(38-22-37-28)40-30-18-25(41-42-30)19-31(44)39-24-12-9-11-23(35)17-24;1-5(2,3)4/h9,11-12,17-18,20-22H,8,10,13-16,19H2,1-7H3,(H,39,44)(H2,37,38,40,41,42);(H3,1,2,3,4). The molecule has 0 aliphatic heterocycles. The summed E-state index contributed by atoms with van der Waals surface area (Å²) in [6.45, 7) is 14.9. The Morgan fingerprint density at radius 3 is 2.24 bits per heavy atom. The van der Waals surface area contributed by atoms with Gasteiger partial charge < -0.3 is 35.0 Å². The van der Waals surface area contributed by atoms with Crippen molar-refractivity contribution in [3.63, 3.8) is 0 Å². The van der Waals surface area contributed by atoms with E-state index in [0.717, 1.165) is 0 Å². The molecule has 21 heteroatoms. The summed E-state index contributed by atoms with van der Waals surface area (Å²) >= 11 is 0. The van der Waals surface area contributed by atoms with Crippen LogP contribution in [-0.4, -0.2) is 89.7 Å². The molecule has 17 nitrogen and oxygen atoms in total. The third kappa shape index (κ3) is 17.6. The van der Waals surface area contributed by atoms with E-state index in [-0.39, 0.29) is 31.3 Å². The van der Waals surface area contributed by atoms with Crippen LogP contribution in [0.15, 0.2) is 48.8 Å². The van der Waals surface area contributed by atoms with E-state index in [1.54, 1.807) is 53.7 Å². The molecular weight excluding hydrogens is 766 g/mol. The number of amides is 1. The molecule has 2 aromatic carbocycles. The van der Waals surface area contributed by atoms with Crippen LogP contribution in [0.1, 0.15) is 60.6 Å². The highest BCUT2D eigenvalue weighted by atomic mass is 31.2. The number of aromatic amines is 1. The number of carbonyl (C=O) groups excluding carboxylic acids is 1. The molecule has 4 rings (SSSR count). The van der Waals surface area contributed by atoms with E-state index in [1.807, 2.05) is 6.92 Å². The molecule has 0 atom stereocenters. The lowest BCUT2D eigenvalue weighted by atomic mass is 10.2. The summed E-state index contributed by atoms with van der Waals surface area (Å²) in [4.78, 5) is 44.6. The number of hydrogen-bond donors (Lipinski definition) is 6. The number of benzene rings is 2. The number of nitrogens with zero attached hydrogens (tertiary/aromatic N) is 4. The quantitative estimate of drug-likeness (QED) is 0.0495. The Hall–Kier alpha value is -3.90. The fourth-order valence-electron chi connectivity index (χ4n) is 4.77. The summed E-state index contributed by atoms with van der Waals surface area (Å²) in [5.41, 5.74) is -0.138. The number of anilines is 3. The Morgan fingerprint density at radius 1 is 0.945 bits per heavy atom. The Balaban J connectivity index is 0.00000152. The topological polar surface area (TPSA) is 231 Å². The maximum Gasteiger partial charge on any atom is 0.475 e. The molecule has 2 aromatic heterocycles. The summed E-state index contributed by atoms with van der Waals surface area (Å²) in [7, 11) is -8.44. The highest BCUT2D eigenvalue weighted by Gasteiger charge is 2.37. The van der Waals surface area contributed by atoms with Crippen LogP contribution in [-0.2, 0) is 33.9 Å². The van der Waals surface area contributed by atoms with Crippen molar-refractivity contribution in [2.75, 3.05) is 43.5 Å². The highest BCUT2D eigenvalue weighted by molar-refractivity contribution is 7.48. The zero-order valence-corrected chi connectivity index (χ0v) is 33.5. The summed E-state index contributed by atoms with van der Waals surface area (Å²) in [5.74, 6) is -0.666. The van der Waals surface area contributed by atoms with Crippen molar-refractivity contribution < 1.29 is 55.7 Å². The normalized spacial score (nSPS) is 12.4. The largest absolute Gasteiger partial charge is 0.490 e. The summed E-state index contributed by atoms with van der Waals surface area (Å²) in [5, 5.41) is 13.0. The third-order valence-corrected chi connectivity index (χ3v) is 8.82. The second kappa shape index (κ2) is 19.8. The average molecular weight is 816 g/mol. The second-order valence-electron chi connectivity index (χ2n) is 14.0. The molecule has 304 valence electrons. The first-order chi connectivity index (χ1) is 25.5. The number of ether oxygens (including phenoxy) is 1. The molecule has 0 aliphatic carbocycles. The molecule has 0 saturated carbocycles. The van der Waals surface area contributed by atoms with Crippen LogP contribution in [0, 0.1) is 11.6 Å². The number of fused-ring (bicyclic) bond motifs is 1. The van der Waals surface area contributed by atoms with Crippen LogP contribution < -0.4 is 15.4 Å². The van der Waals surface area contributed by atoms with Crippen LogP contribution in [0.5, 0.6) is 5.75 Å². The maximum atomic E-state index is 15.2. The number of halogens is 2. The molecule has 2 heterocycles. The van der Waals surface area contributed by atoms with Crippen LogP contribution in [0.25, 0.3) is 10.9 Å². The average Bonchev–Trinajstić information content (AvgIpc) is 3.46. The molecule has 4 aromatic rings. The number of carbonyl (C=O) groups is 1. The van der Waals surface area contributed by atoms with Gasteiger partial charge >= 0.3 is 15.6 Å². The molecule has 0 spiro atoms. The van der Waals surface area contributed by atoms with E-state index < -0.39 is 38.5 Å². The molecular formula is C34H49F2N7O10P2. The number of hydrogen-bond acceptors (Lipinski definition) is 12. The second-order valence-corrected chi connectivity index (χ2v) is 16.5. The zero-order valence-electron chi connectivity index (χ0n) is 31.7. The van der Waals surface area contributed by atoms with Gasteiger partial charge in [0.15, 0.2) is 17.4 Å². The van der Waals surface area contributed by atoms with Gasteiger partial charge in [0, 0.05) is 42.0 Å². The van der Waals surface area contributed by atoms with E-state index in [0.29, 0.717) is 60.0 Å². The van der Waals surface area contributed by atoms with Gasteiger partial charge in [0.1, 0.15) is 18.0 Å². The van der Waals surface area contributed by atoms with Crippen molar-refractivity contribution in [3.05, 3.63) is 66.1 Å². The minimum atomic E-state index is -4.64. The van der Waals surface area contributed by atoms with Crippen molar-refractivity contribution in [1.82, 2.24) is 25.1 Å². The van der Waals surface area contributed by atoms with Crippen LogP contribution in [0.2, 0.25) is 0 Å². The van der Waals surface area contributed by atoms with Crippen molar-refractivity contribution in [3.8, 4) is 5.75 Å². The highest BCUT2D eigenvalue weighted by Crippen LogP contribution is 2.55. The number of phosphoric ester groups is 1. The Morgan fingerprint density at radius 2 is 1.62 bits per heavy atom. The summed E-state index contributed by atoms with van der Waals surface area (Å²) < 4.78 is 73.6.